The Bertz CT molecular complexity index is 1530. The summed E-state index contributed by atoms with van der Waals surface area (Å²) in [5, 5.41) is 31.6. The molecule has 1 saturated heterocycles. The fourth-order valence-corrected chi connectivity index (χ4v) is 6.26. The molecule has 15 heteroatoms. The second-order valence-corrected chi connectivity index (χ2v) is 11.5. The second-order valence-electron chi connectivity index (χ2n) is 11.5. The number of nitrogens with two attached hydrogens (primary N) is 2. The van der Waals surface area contributed by atoms with Gasteiger partial charge < -0.3 is 47.3 Å². The van der Waals surface area contributed by atoms with Crippen LogP contribution >= 0.6 is 0 Å². The molecule has 2 aromatic rings. The van der Waals surface area contributed by atoms with E-state index in [4.69, 9.17) is 16.2 Å². The average Bonchev–Trinajstić information content (AvgIpc) is 3.40. The number of para-hydroxylation sites is 1. The van der Waals surface area contributed by atoms with E-state index in [2.05, 4.69) is 44.8 Å². The van der Waals surface area contributed by atoms with Gasteiger partial charge in [-0.3, -0.25) is 9.59 Å². The molecule has 1 unspecified atom stereocenters. The number of aliphatic imine (C=N–C) groups is 2. The van der Waals surface area contributed by atoms with Crippen LogP contribution in [-0.4, -0.2) is 93.1 Å². The van der Waals surface area contributed by atoms with Crippen LogP contribution in [0.2, 0.25) is 0 Å². The van der Waals surface area contributed by atoms with Crippen molar-refractivity contribution in [1.29, 1.82) is 0 Å². The van der Waals surface area contributed by atoms with Gasteiger partial charge in [0.15, 0.2) is 17.6 Å². The van der Waals surface area contributed by atoms with Crippen LogP contribution in [0.25, 0.3) is 0 Å². The molecular weight excluding hydrogens is 549 g/mol. The number of halogens is 1. The Morgan fingerprint density at radius 2 is 1.93 bits per heavy atom. The van der Waals surface area contributed by atoms with Crippen molar-refractivity contribution in [2.75, 3.05) is 19.7 Å². The highest BCUT2D eigenvalue weighted by Gasteiger charge is 2.73. The minimum atomic E-state index is -2.67. The van der Waals surface area contributed by atoms with Crippen molar-refractivity contribution in [3.8, 4) is 5.75 Å². The molecule has 1 fully saturated rings. The largest absolute Gasteiger partial charge is 0.492 e. The zero-order valence-corrected chi connectivity index (χ0v) is 23.0. The van der Waals surface area contributed by atoms with Gasteiger partial charge in [0.1, 0.15) is 23.5 Å². The third-order valence-electron chi connectivity index (χ3n) is 8.49. The fourth-order valence-electron chi connectivity index (χ4n) is 6.26. The van der Waals surface area contributed by atoms with Crippen LogP contribution in [0.5, 0.6) is 5.75 Å². The van der Waals surface area contributed by atoms with Gasteiger partial charge in [-0.2, -0.15) is 4.39 Å². The Hall–Kier alpha value is -4.50. The number of nitrogens with one attached hydrogen (secondary N) is 3. The zero-order chi connectivity index (χ0) is 30.0. The topological polar surface area (TPSA) is 213 Å². The highest BCUT2D eigenvalue weighted by molar-refractivity contribution is 5.98. The van der Waals surface area contributed by atoms with E-state index in [-0.39, 0.29) is 41.7 Å². The lowest BCUT2D eigenvalue weighted by Crippen LogP contribution is -2.78. The molecule has 14 nitrogen and oxygen atoms in total. The number of aromatic nitrogens is 1. The van der Waals surface area contributed by atoms with E-state index in [1.54, 1.807) is 12.1 Å². The van der Waals surface area contributed by atoms with Crippen molar-refractivity contribution >= 4 is 23.7 Å². The Morgan fingerprint density at radius 1 is 1.17 bits per heavy atom. The molecule has 4 aliphatic rings. The Kier molecular flexibility index (Phi) is 6.27. The number of benzene rings is 1. The van der Waals surface area contributed by atoms with E-state index >= 15 is 0 Å². The normalized spacial score (nSPS) is 28.2. The van der Waals surface area contributed by atoms with Crippen molar-refractivity contribution in [2.24, 2.45) is 21.5 Å². The average molecular weight is 582 g/mol. The molecule has 0 saturated carbocycles. The van der Waals surface area contributed by atoms with Gasteiger partial charge in [0, 0.05) is 18.7 Å². The predicted octanol–water partition coefficient (Wildman–Crippen LogP) is -1.51. The van der Waals surface area contributed by atoms with Crippen molar-refractivity contribution in [3.63, 3.8) is 0 Å². The molecule has 1 aromatic heterocycles. The number of hydrogen-bond acceptors (Lipinski definition) is 12. The number of pyridine rings is 1. The maximum atomic E-state index is 13.6. The van der Waals surface area contributed by atoms with E-state index in [1.165, 1.54) is 17.0 Å². The summed E-state index contributed by atoms with van der Waals surface area (Å²) < 4.78 is 19.4. The molecule has 0 bridgehead atoms. The van der Waals surface area contributed by atoms with E-state index in [0.717, 1.165) is 18.1 Å². The first-order chi connectivity index (χ1) is 19.8. The van der Waals surface area contributed by atoms with E-state index in [0.29, 0.717) is 12.4 Å². The molecule has 9 N–H and O–H groups in total. The third kappa shape index (κ3) is 4.10. The molecule has 1 aromatic carbocycles. The molecule has 5 heterocycles. The lowest BCUT2D eigenvalue weighted by molar-refractivity contribution is -0.230. The van der Waals surface area contributed by atoms with Crippen LogP contribution < -0.4 is 32.2 Å². The Labute approximate surface area is 240 Å². The van der Waals surface area contributed by atoms with E-state index in [1.807, 2.05) is 6.07 Å². The van der Waals surface area contributed by atoms with Crippen molar-refractivity contribution in [2.45, 2.75) is 55.3 Å². The monoisotopic (exact) mass is 581 g/mol. The summed E-state index contributed by atoms with van der Waals surface area (Å²) in [6.07, 6.45) is 0.787. The van der Waals surface area contributed by atoms with Crippen molar-refractivity contribution < 1.29 is 28.9 Å². The minimum absolute atomic E-state index is 0.0850. The summed E-state index contributed by atoms with van der Waals surface area (Å²) in [4.78, 5) is 40.0. The molecule has 1 spiro atoms. The molecule has 6 rings (SSSR count). The Morgan fingerprint density at radius 3 is 2.69 bits per heavy atom. The molecule has 0 radical (unpaired) electrons. The quantitative estimate of drug-likeness (QED) is 0.160. The smallest absolute Gasteiger partial charge is 0.270 e. The third-order valence-corrected chi connectivity index (χ3v) is 8.49. The van der Waals surface area contributed by atoms with E-state index in [9.17, 15) is 24.2 Å². The van der Waals surface area contributed by atoms with Gasteiger partial charge in [0.25, 0.3) is 11.8 Å². The number of carbonyl (C=O) groups excluding carboxylic acids is 2. The number of carbonyl (C=O) groups is 2. The lowest BCUT2D eigenvalue weighted by atomic mass is 9.79. The standard InChI is InChI=1S/C27H32FN9O5/c1-25(2)9-10-42-19-13(5-3-6-14(19)25)21(38)34-17-12-37-24(30)33-16(11-31-22(39)15-7-4-8-18(28)32-15)20-26(37,27(17,40)41)36-23(29)35-20/h3-8,16-17,20,40-41H,9-12H2,1-2H3,(H2,30,33)(H,31,39)(H,34,38)(H3,29,35,36)/t16-,17?,20-,26-/m0/s1. The predicted molar refractivity (Wildman–Crippen MR) is 148 cm³/mol. The number of hydrogen-bond donors (Lipinski definition) is 7. The fraction of sp³-hybridized carbons (Fsp3) is 0.444. The maximum Gasteiger partial charge on any atom is 0.270 e. The van der Waals surface area contributed by atoms with Gasteiger partial charge in [0.2, 0.25) is 11.7 Å². The Balaban J connectivity index is 1.26. The van der Waals surface area contributed by atoms with Crippen LogP contribution in [0.1, 0.15) is 46.7 Å². The molecule has 222 valence electrons. The first-order valence-electron chi connectivity index (χ1n) is 13.5. The number of nitrogens with zero attached hydrogens (tertiary/aromatic N) is 4. The number of ether oxygens (including phenoxy) is 1. The second kappa shape index (κ2) is 9.52. The zero-order valence-electron chi connectivity index (χ0n) is 23.0. The van der Waals surface area contributed by atoms with Crippen LogP contribution in [-0.2, 0) is 5.41 Å². The van der Waals surface area contributed by atoms with Crippen LogP contribution in [0.3, 0.4) is 0 Å². The van der Waals surface area contributed by atoms with Gasteiger partial charge in [-0.05, 0) is 30.0 Å². The van der Waals surface area contributed by atoms with Crippen LogP contribution in [0, 0.1) is 5.95 Å². The number of aliphatic hydroxyl groups is 2. The van der Waals surface area contributed by atoms with Crippen molar-refractivity contribution in [3.05, 3.63) is 59.2 Å². The molecule has 4 aliphatic heterocycles. The first-order valence-corrected chi connectivity index (χ1v) is 13.5. The molecule has 0 aliphatic carbocycles. The van der Waals surface area contributed by atoms with Gasteiger partial charge in [-0.25, -0.2) is 15.0 Å². The van der Waals surface area contributed by atoms with Gasteiger partial charge in [-0.1, -0.05) is 32.0 Å². The minimum Gasteiger partial charge on any atom is -0.492 e. The highest BCUT2D eigenvalue weighted by Crippen LogP contribution is 2.45. The van der Waals surface area contributed by atoms with Gasteiger partial charge in [0.05, 0.1) is 18.2 Å². The first kappa shape index (κ1) is 27.7. The van der Waals surface area contributed by atoms with Gasteiger partial charge >= 0.3 is 0 Å². The number of fused-ring (bicyclic) bond motifs is 1. The summed E-state index contributed by atoms with van der Waals surface area (Å²) >= 11 is 0. The number of rotatable bonds is 5. The summed E-state index contributed by atoms with van der Waals surface area (Å²) in [7, 11) is 0. The molecular formula is C27H32FN9O5. The summed E-state index contributed by atoms with van der Waals surface area (Å²) in [5.74, 6) is -4.46. The van der Waals surface area contributed by atoms with Crippen LogP contribution in [0.4, 0.5) is 4.39 Å². The summed E-state index contributed by atoms with van der Waals surface area (Å²) in [5.41, 5.74) is 11.3. The molecule has 4 atom stereocenters. The highest BCUT2D eigenvalue weighted by atomic mass is 19.1. The number of guanidine groups is 2. The number of amides is 2. The van der Waals surface area contributed by atoms with Crippen LogP contribution in [0.15, 0.2) is 46.4 Å². The molecule has 2 amide bonds. The summed E-state index contributed by atoms with van der Waals surface area (Å²) in [6, 6.07) is 5.88. The van der Waals surface area contributed by atoms with Crippen molar-refractivity contribution in [1.82, 2.24) is 25.8 Å². The SMILES string of the molecule is CC1(C)CCOc2c(C(=O)NC3CN4C(N)=N[C@@H](CNC(=O)c5cccc(F)n5)[C@@H]5N=C(N)N[C@@]54C3(O)O)cccc21. The summed E-state index contributed by atoms with van der Waals surface area (Å²) in [6.45, 7) is 4.28. The lowest BCUT2D eigenvalue weighted by Gasteiger charge is -2.49. The van der Waals surface area contributed by atoms with E-state index < -0.39 is 47.3 Å². The maximum absolute atomic E-state index is 13.6. The molecule has 42 heavy (non-hydrogen) atoms. The van der Waals surface area contributed by atoms with Gasteiger partial charge in [-0.15, -0.1) is 0 Å².